The van der Waals surface area contributed by atoms with Gasteiger partial charge in [0, 0.05) is 17.4 Å². The molecule has 1 rings (SSSR count). The highest BCUT2D eigenvalue weighted by Crippen LogP contribution is 2.10. The van der Waals surface area contributed by atoms with Crippen LogP contribution < -0.4 is 16.0 Å². The summed E-state index contributed by atoms with van der Waals surface area (Å²) in [5.74, 6) is -3.82. The first-order valence-electron chi connectivity index (χ1n) is 9.38. The van der Waals surface area contributed by atoms with Crippen LogP contribution in [0.4, 0.5) is 4.79 Å². The average molecular weight is 488 g/mol. The van der Waals surface area contributed by atoms with Crippen molar-refractivity contribution in [3.05, 3.63) is 34.3 Å². The number of carbonyl (C=O) groups is 4. The zero-order chi connectivity index (χ0) is 22.5. The smallest absolute Gasteiger partial charge is 0.326 e. The quantitative estimate of drug-likeness (QED) is 0.216. The molecule has 0 bridgehead atoms. The topological polar surface area (TPSA) is 165 Å². The SMILES string of the molecule is O=C(O)CC[C@H](NC(=O)NC(CCCCNCc1ccc(Br)cc1)C(=O)O)C(=O)O. The van der Waals surface area contributed by atoms with Crippen molar-refractivity contribution in [3.63, 3.8) is 0 Å². The largest absolute Gasteiger partial charge is 0.481 e. The van der Waals surface area contributed by atoms with Gasteiger partial charge in [0.2, 0.25) is 0 Å². The Balaban J connectivity index is 2.34. The minimum atomic E-state index is -1.42. The second-order valence-electron chi connectivity index (χ2n) is 6.63. The van der Waals surface area contributed by atoms with Crippen molar-refractivity contribution in [2.45, 2.75) is 50.7 Å². The van der Waals surface area contributed by atoms with Crippen LogP contribution in [0.25, 0.3) is 0 Å². The second kappa shape index (κ2) is 13.5. The van der Waals surface area contributed by atoms with Gasteiger partial charge in [0.15, 0.2) is 0 Å². The molecule has 0 aliphatic heterocycles. The van der Waals surface area contributed by atoms with Gasteiger partial charge in [0.1, 0.15) is 12.1 Å². The number of halogens is 1. The molecular formula is C19H26BrN3O7. The summed E-state index contributed by atoms with van der Waals surface area (Å²) in [6.07, 6.45) is 0.661. The number of carbonyl (C=O) groups excluding carboxylic acids is 1. The lowest BCUT2D eigenvalue weighted by Gasteiger charge is -2.18. The minimum Gasteiger partial charge on any atom is -0.481 e. The highest BCUT2D eigenvalue weighted by Gasteiger charge is 2.24. The Morgan fingerprint density at radius 3 is 1.97 bits per heavy atom. The molecule has 0 aliphatic carbocycles. The lowest BCUT2D eigenvalue weighted by atomic mass is 10.1. The Bertz CT molecular complexity index is 727. The fourth-order valence-corrected chi connectivity index (χ4v) is 2.84. The summed E-state index contributed by atoms with van der Waals surface area (Å²) in [6, 6.07) is 4.31. The zero-order valence-electron chi connectivity index (χ0n) is 16.3. The third-order valence-corrected chi connectivity index (χ3v) is 4.72. The number of aliphatic carboxylic acids is 3. The van der Waals surface area contributed by atoms with Gasteiger partial charge in [-0.1, -0.05) is 28.1 Å². The van der Waals surface area contributed by atoms with Crippen molar-refractivity contribution in [2.75, 3.05) is 6.54 Å². The van der Waals surface area contributed by atoms with Crippen LogP contribution in [0.2, 0.25) is 0 Å². The van der Waals surface area contributed by atoms with E-state index in [0.717, 1.165) is 10.0 Å². The highest BCUT2D eigenvalue weighted by molar-refractivity contribution is 9.10. The summed E-state index contributed by atoms with van der Waals surface area (Å²) in [6.45, 7) is 1.36. The molecule has 0 saturated heterocycles. The predicted molar refractivity (Wildman–Crippen MR) is 111 cm³/mol. The third kappa shape index (κ3) is 10.8. The van der Waals surface area contributed by atoms with Crippen LogP contribution in [0.5, 0.6) is 0 Å². The first-order valence-corrected chi connectivity index (χ1v) is 10.2. The summed E-state index contributed by atoms with van der Waals surface area (Å²) in [7, 11) is 0. The predicted octanol–water partition coefficient (Wildman–Crippen LogP) is 1.78. The Kier molecular flexibility index (Phi) is 11.5. The number of benzene rings is 1. The Morgan fingerprint density at radius 1 is 0.867 bits per heavy atom. The van der Waals surface area contributed by atoms with Crippen LogP contribution in [0, 0.1) is 0 Å². The molecule has 166 valence electrons. The zero-order valence-corrected chi connectivity index (χ0v) is 17.9. The molecule has 0 spiro atoms. The highest BCUT2D eigenvalue weighted by atomic mass is 79.9. The fraction of sp³-hybridized carbons (Fsp3) is 0.474. The van der Waals surface area contributed by atoms with Crippen molar-refractivity contribution >= 4 is 39.9 Å². The molecule has 0 aromatic heterocycles. The van der Waals surface area contributed by atoms with Crippen molar-refractivity contribution in [2.24, 2.45) is 0 Å². The van der Waals surface area contributed by atoms with Crippen molar-refractivity contribution in [1.29, 1.82) is 0 Å². The lowest BCUT2D eigenvalue weighted by molar-refractivity contribution is -0.140. The van der Waals surface area contributed by atoms with E-state index in [1.807, 2.05) is 24.3 Å². The van der Waals surface area contributed by atoms with Crippen LogP contribution in [0.15, 0.2) is 28.7 Å². The van der Waals surface area contributed by atoms with E-state index in [1.54, 1.807) is 0 Å². The molecule has 10 nitrogen and oxygen atoms in total. The van der Waals surface area contributed by atoms with Gasteiger partial charge in [0.25, 0.3) is 0 Å². The van der Waals surface area contributed by atoms with Gasteiger partial charge in [-0.25, -0.2) is 14.4 Å². The van der Waals surface area contributed by atoms with Crippen LogP contribution in [-0.2, 0) is 20.9 Å². The fourth-order valence-electron chi connectivity index (χ4n) is 2.57. The minimum absolute atomic E-state index is 0.176. The number of urea groups is 1. The maximum atomic E-state index is 11.9. The second-order valence-corrected chi connectivity index (χ2v) is 7.55. The van der Waals surface area contributed by atoms with Gasteiger partial charge >= 0.3 is 23.9 Å². The first-order chi connectivity index (χ1) is 14.2. The van der Waals surface area contributed by atoms with Gasteiger partial charge in [-0.2, -0.15) is 0 Å². The van der Waals surface area contributed by atoms with Crippen LogP contribution in [0.3, 0.4) is 0 Å². The molecule has 1 unspecified atom stereocenters. The summed E-state index contributed by atoms with van der Waals surface area (Å²) in [5.41, 5.74) is 1.12. The summed E-state index contributed by atoms with van der Waals surface area (Å²) >= 11 is 3.37. The maximum Gasteiger partial charge on any atom is 0.326 e. The van der Waals surface area contributed by atoms with Crippen LogP contribution in [0.1, 0.15) is 37.7 Å². The molecule has 0 fully saturated rings. The Labute approximate surface area is 182 Å². The molecule has 2 amide bonds. The molecule has 0 saturated carbocycles. The van der Waals surface area contributed by atoms with Gasteiger partial charge in [0.05, 0.1) is 0 Å². The molecular weight excluding hydrogens is 462 g/mol. The number of hydrogen-bond donors (Lipinski definition) is 6. The lowest BCUT2D eigenvalue weighted by Crippen LogP contribution is -2.51. The van der Waals surface area contributed by atoms with E-state index in [0.29, 0.717) is 25.9 Å². The van der Waals surface area contributed by atoms with E-state index in [-0.39, 0.29) is 12.8 Å². The summed E-state index contributed by atoms with van der Waals surface area (Å²) < 4.78 is 0.999. The molecule has 2 atom stereocenters. The number of nitrogens with one attached hydrogen (secondary N) is 3. The van der Waals surface area contributed by atoms with Gasteiger partial charge in [-0.3, -0.25) is 4.79 Å². The Hall–Kier alpha value is -2.66. The molecule has 30 heavy (non-hydrogen) atoms. The monoisotopic (exact) mass is 487 g/mol. The number of carboxylic acid groups (broad SMARTS) is 3. The number of hydrogen-bond acceptors (Lipinski definition) is 5. The number of unbranched alkanes of at least 4 members (excludes halogenated alkanes) is 1. The molecule has 1 aromatic carbocycles. The van der Waals surface area contributed by atoms with E-state index >= 15 is 0 Å². The molecule has 11 heteroatoms. The first kappa shape index (κ1) is 25.4. The van der Waals surface area contributed by atoms with Crippen molar-refractivity contribution in [3.8, 4) is 0 Å². The number of amides is 2. The van der Waals surface area contributed by atoms with E-state index < -0.39 is 42.4 Å². The van der Waals surface area contributed by atoms with E-state index in [9.17, 15) is 24.3 Å². The van der Waals surface area contributed by atoms with Crippen LogP contribution >= 0.6 is 15.9 Å². The summed E-state index contributed by atoms with van der Waals surface area (Å²) in [5, 5.41) is 34.5. The molecule has 6 N–H and O–H groups in total. The normalized spacial score (nSPS) is 12.6. The summed E-state index contributed by atoms with van der Waals surface area (Å²) in [4.78, 5) is 44.9. The number of carboxylic acids is 3. The van der Waals surface area contributed by atoms with Crippen molar-refractivity contribution < 1.29 is 34.5 Å². The Morgan fingerprint density at radius 2 is 1.43 bits per heavy atom. The van der Waals surface area contributed by atoms with E-state index in [2.05, 4.69) is 31.9 Å². The van der Waals surface area contributed by atoms with Crippen LogP contribution in [-0.4, -0.2) is 57.9 Å². The van der Waals surface area contributed by atoms with Gasteiger partial charge in [-0.15, -0.1) is 0 Å². The van der Waals surface area contributed by atoms with E-state index in [4.69, 9.17) is 10.2 Å². The number of rotatable bonds is 14. The molecule has 0 heterocycles. The van der Waals surface area contributed by atoms with Gasteiger partial charge < -0.3 is 31.3 Å². The average Bonchev–Trinajstić information content (AvgIpc) is 2.67. The molecule has 0 aliphatic rings. The van der Waals surface area contributed by atoms with Gasteiger partial charge in [-0.05, 0) is 49.9 Å². The standard InChI is InChI=1S/C19H26BrN3O7/c20-13-6-4-12(5-7-13)11-21-10-2-1-3-14(17(26)27)22-19(30)23-15(18(28)29)8-9-16(24)25/h4-7,14-15,21H,1-3,8-11H2,(H,24,25)(H,26,27)(H,28,29)(H2,22,23,30)/t14?,15-/m0/s1. The maximum absolute atomic E-state index is 11.9. The molecule has 1 aromatic rings. The van der Waals surface area contributed by atoms with Crippen molar-refractivity contribution in [1.82, 2.24) is 16.0 Å². The molecule has 0 radical (unpaired) electrons. The third-order valence-electron chi connectivity index (χ3n) is 4.19. The van der Waals surface area contributed by atoms with E-state index in [1.165, 1.54) is 0 Å².